The summed E-state index contributed by atoms with van der Waals surface area (Å²) in [5.41, 5.74) is 0.0367. The molecule has 1 aromatic rings. The molecule has 0 radical (unpaired) electrons. The van der Waals surface area contributed by atoms with E-state index < -0.39 is 82.1 Å². The normalized spacial score (nSPS) is 42.5. The minimum Gasteiger partial charge on any atom is -0.507 e. The number of phenolic OH excluding ortho intramolecular Hbond substituents is 1. The zero-order valence-corrected chi connectivity index (χ0v) is 18.2. The molecule has 0 saturated heterocycles. The van der Waals surface area contributed by atoms with Crippen LogP contribution in [0.2, 0.25) is 0 Å². The Morgan fingerprint density at radius 3 is 2.24 bits per heavy atom. The number of nitrogens with zero attached hydrogens (tertiary/aromatic N) is 1. The molecule has 2 saturated carbocycles. The summed E-state index contributed by atoms with van der Waals surface area (Å²) in [5.74, 6) is -12.1. The zero-order valence-electron chi connectivity index (χ0n) is 18.2. The third kappa shape index (κ3) is 2.74. The number of aliphatic hydroxyl groups excluding tert-OH is 2. The number of nitrogens with two attached hydrogens (primary N) is 1. The van der Waals surface area contributed by atoms with Crippen molar-refractivity contribution < 1.29 is 44.7 Å². The second kappa shape index (κ2) is 7.15. The zero-order chi connectivity index (χ0) is 24.8. The molecule has 1 amide bonds. The van der Waals surface area contributed by atoms with E-state index in [1.807, 2.05) is 0 Å². The average Bonchev–Trinajstić information content (AvgIpc) is 2.70. The molecular weight excluding hydrogens is 436 g/mol. The lowest BCUT2D eigenvalue weighted by Gasteiger charge is -2.60. The molecule has 2 fully saturated rings. The fraction of sp³-hybridized carbons (Fsp3) is 0.545. The molecule has 3 aliphatic carbocycles. The first-order valence-electron chi connectivity index (χ1n) is 10.4. The number of ketones is 3. The van der Waals surface area contributed by atoms with Crippen molar-refractivity contribution in [1.82, 2.24) is 4.90 Å². The summed E-state index contributed by atoms with van der Waals surface area (Å²) in [4.78, 5) is 52.9. The van der Waals surface area contributed by atoms with Crippen molar-refractivity contribution in [3.05, 3.63) is 29.3 Å². The van der Waals surface area contributed by atoms with Crippen LogP contribution in [0.15, 0.2) is 18.2 Å². The van der Waals surface area contributed by atoms with E-state index in [-0.39, 0.29) is 11.1 Å². The van der Waals surface area contributed by atoms with Crippen LogP contribution in [0.25, 0.3) is 0 Å². The van der Waals surface area contributed by atoms with Gasteiger partial charge in [0.2, 0.25) is 5.91 Å². The number of phenols is 1. The van der Waals surface area contributed by atoms with Gasteiger partial charge in [0.15, 0.2) is 28.9 Å². The summed E-state index contributed by atoms with van der Waals surface area (Å²) in [6.45, 7) is 1.28. The van der Waals surface area contributed by atoms with Crippen LogP contribution in [0.1, 0.15) is 22.8 Å². The van der Waals surface area contributed by atoms with E-state index >= 15 is 0 Å². The number of primary amides is 1. The van der Waals surface area contributed by atoms with Gasteiger partial charge < -0.3 is 31.3 Å². The van der Waals surface area contributed by atoms with E-state index in [2.05, 4.69) is 0 Å². The van der Waals surface area contributed by atoms with Crippen LogP contribution >= 0.6 is 0 Å². The monoisotopic (exact) mass is 462 g/mol. The number of Topliss-reactive ketones (excluding diaryl/α,β-unsaturated/α-hetero) is 3. The molecule has 3 unspecified atom stereocenters. The van der Waals surface area contributed by atoms with Crippen molar-refractivity contribution in [2.24, 2.45) is 29.4 Å². The van der Waals surface area contributed by atoms with Crippen molar-refractivity contribution in [3.63, 3.8) is 0 Å². The largest absolute Gasteiger partial charge is 0.507 e. The quantitative estimate of drug-likeness (QED) is 0.251. The molecule has 33 heavy (non-hydrogen) atoms. The molecule has 9 atom stereocenters. The molecule has 11 nitrogen and oxygen atoms in total. The van der Waals surface area contributed by atoms with E-state index in [9.17, 15) is 44.7 Å². The van der Waals surface area contributed by atoms with Gasteiger partial charge in [-0.3, -0.25) is 24.1 Å². The maximum atomic E-state index is 13.4. The first-order valence-corrected chi connectivity index (χ1v) is 10.4. The molecule has 11 heteroatoms. The molecule has 7 N–H and O–H groups in total. The summed E-state index contributed by atoms with van der Waals surface area (Å²) in [7, 11) is 2.83. The van der Waals surface area contributed by atoms with Gasteiger partial charge in [0, 0.05) is 11.8 Å². The number of benzene rings is 1. The van der Waals surface area contributed by atoms with Gasteiger partial charge >= 0.3 is 0 Å². The number of rotatable bonds is 2. The third-order valence-corrected chi connectivity index (χ3v) is 7.62. The van der Waals surface area contributed by atoms with Crippen LogP contribution in [0.3, 0.4) is 0 Å². The van der Waals surface area contributed by atoms with Crippen LogP contribution in [-0.4, -0.2) is 91.6 Å². The van der Waals surface area contributed by atoms with Gasteiger partial charge in [-0.2, -0.15) is 0 Å². The first-order chi connectivity index (χ1) is 15.2. The summed E-state index contributed by atoms with van der Waals surface area (Å²) >= 11 is 0. The van der Waals surface area contributed by atoms with Gasteiger partial charge in [0.25, 0.3) is 0 Å². The van der Waals surface area contributed by atoms with E-state index in [0.717, 1.165) is 0 Å². The standard InChI is InChI=1S/C22H26N2O9/c1-21(32)7-5-4-6-8(25)9(7)15(26)10-12(21)17(28)13-14(24(2)3)16(27)11(20(23)31)19(30)22(13,33)18(10)29/h4-6,10-14,17-18,25,28-29,32-33H,1-3H3,(H2,23,31)/t10?,11?,12-,13-,14+,17+,18?,21-,22+/m1/s1. The number of amides is 1. The maximum absolute atomic E-state index is 13.4. The number of carbonyl (C=O) groups excluding carboxylic acids is 4. The molecule has 0 heterocycles. The number of likely N-dealkylation sites (N-methyl/N-ethyl adjacent to an activating group) is 1. The molecule has 4 rings (SSSR count). The molecule has 0 aliphatic heterocycles. The fourth-order valence-corrected chi connectivity index (χ4v) is 6.21. The second-order valence-corrected chi connectivity index (χ2v) is 9.56. The number of carbonyl (C=O) groups is 4. The van der Waals surface area contributed by atoms with Gasteiger partial charge in [0.1, 0.15) is 11.9 Å². The Morgan fingerprint density at radius 2 is 1.70 bits per heavy atom. The van der Waals surface area contributed by atoms with Crippen LogP contribution in [0.5, 0.6) is 5.75 Å². The van der Waals surface area contributed by atoms with E-state index in [4.69, 9.17) is 5.73 Å². The van der Waals surface area contributed by atoms with Gasteiger partial charge in [-0.05, 0) is 32.6 Å². The number of aromatic hydroxyl groups is 1. The van der Waals surface area contributed by atoms with Crippen LogP contribution in [-0.2, 0) is 20.0 Å². The van der Waals surface area contributed by atoms with Crippen molar-refractivity contribution >= 4 is 23.3 Å². The van der Waals surface area contributed by atoms with Gasteiger partial charge in [-0.1, -0.05) is 12.1 Å². The highest BCUT2D eigenvalue weighted by atomic mass is 16.4. The van der Waals surface area contributed by atoms with Gasteiger partial charge in [-0.15, -0.1) is 0 Å². The maximum Gasteiger partial charge on any atom is 0.235 e. The molecule has 0 bridgehead atoms. The summed E-state index contributed by atoms with van der Waals surface area (Å²) in [6, 6.07) is 2.54. The highest BCUT2D eigenvalue weighted by Gasteiger charge is 2.74. The van der Waals surface area contributed by atoms with Crippen molar-refractivity contribution in [2.45, 2.75) is 36.4 Å². The highest BCUT2D eigenvalue weighted by molar-refractivity contribution is 6.24. The van der Waals surface area contributed by atoms with E-state index in [0.29, 0.717) is 0 Å². The van der Waals surface area contributed by atoms with Crippen molar-refractivity contribution in [3.8, 4) is 5.75 Å². The Morgan fingerprint density at radius 1 is 1.09 bits per heavy atom. The van der Waals surface area contributed by atoms with Crippen LogP contribution in [0.4, 0.5) is 0 Å². The number of hydrogen-bond donors (Lipinski definition) is 6. The van der Waals surface area contributed by atoms with Crippen molar-refractivity contribution in [1.29, 1.82) is 0 Å². The Labute approximate surface area is 188 Å². The molecule has 3 aliphatic rings. The number of hydrogen-bond acceptors (Lipinski definition) is 10. The second-order valence-electron chi connectivity index (χ2n) is 9.56. The Kier molecular flexibility index (Phi) is 5.08. The minimum atomic E-state index is -2.91. The third-order valence-electron chi connectivity index (χ3n) is 7.62. The Balaban J connectivity index is 1.99. The van der Waals surface area contributed by atoms with Crippen LogP contribution < -0.4 is 5.73 Å². The number of fused-ring (bicyclic) bond motifs is 3. The Bertz CT molecular complexity index is 1080. The van der Waals surface area contributed by atoms with Crippen molar-refractivity contribution in [2.75, 3.05) is 14.1 Å². The molecule has 178 valence electrons. The predicted octanol–water partition coefficient (Wildman–Crippen LogP) is -2.71. The minimum absolute atomic E-state index is 0.00434. The fourth-order valence-electron chi connectivity index (χ4n) is 6.21. The lowest BCUT2D eigenvalue weighted by molar-refractivity contribution is -0.248. The highest BCUT2D eigenvalue weighted by Crippen LogP contribution is 2.57. The predicted molar refractivity (Wildman–Crippen MR) is 110 cm³/mol. The first kappa shape index (κ1) is 23.5. The number of aliphatic hydroxyl groups is 4. The van der Waals surface area contributed by atoms with Gasteiger partial charge in [-0.25, -0.2) is 0 Å². The smallest absolute Gasteiger partial charge is 0.235 e. The van der Waals surface area contributed by atoms with Gasteiger partial charge in [0.05, 0.1) is 29.2 Å². The Hall–Kier alpha value is -2.70. The van der Waals surface area contributed by atoms with Crippen LogP contribution in [0, 0.1) is 23.7 Å². The lowest BCUT2D eigenvalue weighted by Crippen LogP contribution is -2.80. The molecule has 1 aromatic carbocycles. The van der Waals surface area contributed by atoms with E-state index in [1.165, 1.54) is 44.1 Å². The lowest BCUT2D eigenvalue weighted by atomic mass is 9.48. The summed E-state index contributed by atoms with van der Waals surface area (Å²) in [6.07, 6.45) is -4.06. The average molecular weight is 462 g/mol. The summed E-state index contributed by atoms with van der Waals surface area (Å²) in [5, 5.41) is 56.0. The topological polar surface area (TPSA) is 199 Å². The SMILES string of the molecule is CN(C)[C@@H]1C(=O)C(C(N)=O)C(=O)[C@@]2(O)C(O)C3C(=O)c4c(O)cccc4[C@@](C)(O)[C@H]3[C@H](O)[C@@H]12. The summed E-state index contributed by atoms with van der Waals surface area (Å²) < 4.78 is 0. The molecule has 0 spiro atoms. The molecule has 0 aromatic heterocycles. The van der Waals surface area contributed by atoms with E-state index in [1.54, 1.807) is 0 Å². The molecular formula is C22H26N2O9.